The summed E-state index contributed by atoms with van der Waals surface area (Å²) >= 11 is 0. The van der Waals surface area contributed by atoms with Gasteiger partial charge >= 0.3 is 0 Å². The molecular formula is C14H29N3O. The van der Waals surface area contributed by atoms with E-state index in [1.165, 1.54) is 0 Å². The highest BCUT2D eigenvalue weighted by Gasteiger charge is 2.39. The van der Waals surface area contributed by atoms with Crippen LogP contribution in [0.25, 0.3) is 0 Å². The molecule has 2 fully saturated rings. The molecule has 0 aliphatic carbocycles. The number of piperazine rings is 1. The molecule has 0 atom stereocenters. The minimum atomic E-state index is 0.211. The van der Waals surface area contributed by atoms with Crippen LogP contribution in [0.5, 0.6) is 0 Å². The molecule has 4 heteroatoms. The first kappa shape index (κ1) is 14.3. The number of nitrogens with two attached hydrogens (primary N) is 1. The van der Waals surface area contributed by atoms with E-state index < -0.39 is 0 Å². The first-order valence-corrected chi connectivity index (χ1v) is 7.26. The van der Waals surface area contributed by atoms with Crippen molar-refractivity contribution < 1.29 is 4.74 Å². The van der Waals surface area contributed by atoms with E-state index in [1.54, 1.807) is 0 Å². The van der Waals surface area contributed by atoms with Crippen molar-refractivity contribution in [1.82, 2.24) is 9.80 Å². The molecule has 0 spiro atoms. The first-order chi connectivity index (χ1) is 8.48. The molecule has 4 nitrogen and oxygen atoms in total. The largest absolute Gasteiger partial charge is 0.381 e. The number of ether oxygens (including phenoxy) is 1. The van der Waals surface area contributed by atoms with Crippen molar-refractivity contribution in [3.8, 4) is 0 Å². The van der Waals surface area contributed by atoms with E-state index in [2.05, 4.69) is 30.6 Å². The van der Waals surface area contributed by atoms with Crippen molar-refractivity contribution in [2.75, 3.05) is 45.9 Å². The maximum atomic E-state index is 6.08. The van der Waals surface area contributed by atoms with Crippen LogP contribution in [-0.2, 0) is 4.74 Å². The average molecular weight is 255 g/mol. The molecule has 2 saturated heterocycles. The van der Waals surface area contributed by atoms with Gasteiger partial charge in [-0.05, 0) is 33.6 Å². The predicted molar refractivity (Wildman–Crippen MR) is 74.7 cm³/mol. The molecule has 0 amide bonds. The number of nitrogens with zero attached hydrogens (tertiary/aromatic N) is 2. The first-order valence-electron chi connectivity index (χ1n) is 7.26. The highest BCUT2D eigenvalue weighted by Crippen LogP contribution is 2.29. The summed E-state index contributed by atoms with van der Waals surface area (Å²) in [6, 6.07) is 0. The Morgan fingerprint density at radius 3 is 2.06 bits per heavy atom. The maximum absolute atomic E-state index is 6.08. The Kier molecular flexibility index (Phi) is 4.32. The molecule has 0 aromatic heterocycles. The van der Waals surface area contributed by atoms with Gasteiger partial charge in [-0.3, -0.25) is 9.80 Å². The third-order valence-corrected chi connectivity index (χ3v) is 4.70. The Bertz CT molecular complexity index is 261. The van der Waals surface area contributed by atoms with Gasteiger partial charge in [-0.1, -0.05) is 0 Å². The molecule has 0 aromatic carbocycles. The smallest absolute Gasteiger partial charge is 0.0484 e. The molecule has 0 saturated carbocycles. The van der Waals surface area contributed by atoms with Crippen LogP contribution in [0.15, 0.2) is 0 Å². The van der Waals surface area contributed by atoms with Gasteiger partial charge in [0.15, 0.2) is 0 Å². The quantitative estimate of drug-likeness (QED) is 0.796. The fourth-order valence-electron chi connectivity index (χ4n) is 3.25. The lowest BCUT2D eigenvalue weighted by molar-refractivity contribution is -0.0531. The molecule has 0 bridgehead atoms. The SMILES string of the molecule is CC(C)(C)N1CCN(C2(CN)CCOCC2)CC1. The summed E-state index contributed by atoms with van der Waals surface area (Å²) < 4.78 is 5.50. The monoisotopic (exact) mass is 255 g/mol. The summed E-state index contributed by atoms with van der Waals surface area (Å²) in [7, 11) is 0. The topological polar surface area (TPSA) is 41.7 Å². The van der Waals surface area contributed by atoms with Gasteiger partial charge in [0.1, 0.15) is 0 Å². The van der Waals surface area contributed by atoms with Gasteiger partial charge in [-0.15, -0.1) is 0 Å². The van der Waals surface area contributed by atoms with Crippen LogP contribution in [0.4, 0.5) is 0 Å². The van der Waals surface area contributed by atoms with E-state index in [0.717, 1.165) is 58.8 Å². The summed E-state index contributed by atoms with van der Waals surface area (Å²) in [5, 5.41) is 0. The van der Waals surface area contributed by atoms with Gasteiger partial charge in [-0.2, -0.15) is 0 Å². The van der Waals surface area contributed by atoms with Gasteiger partial charge in [-0.25, -0.2) is 0 Å². The fourth-order valence-corrected chi connectivity index (χ4v) is 3.25. The second-order valence-corrected chi connectivity index (χ2v) is 6.69. The van der Waals surface area contributed by atoms with Crippen molar-refractivity contribution in [2.24, 2.45) is 5.73 Å². The van der Waals surface area contributed by atoms with E-state index in [1.807, 2.05) is 0 Å². The minimum Gasteiger partial charge on any atom is -0.381 e. The third-order valence-electron chi connectivity index (χ3n) is 4.70. The molecule has 18 heavy (non-hydrogen) atoms. The number of hydrogen-bond donors (Lipinski definition) is 1. The van der Waals surface area contributed by atoms with Crippen LogP contribution in [0.3, 0.4) is 0 Å². The van der Waals surface area contributed by atoms with Crippen molar-refractivity contribution in [3.63, 3.8) is 0 Å². The third kappa shape index (κ3) is 2.87. The second-order valence-electron chi connectivity index (χ2n) is 6.69. The maximum Gasteiger partial charge on any atom is 0.0484 e. The van der Waals surface area contributed by atoms with E-state index >= 15 is 0 Å². The van der Waals surface area contributed by atoms with Gasteiger partial charge in [0.25, 0.3) is 0 Å². The molecule has 2 N–H and O–H groups in total. The lowest BCUT2D eigenvalue weighted by atomic mass is 9.87. The van der Waals surface area contributed by atoms with E-state index in [-0.39, 0.29) is 11.1 Å². The summed E-state index contributed by atoms with van der Waals surface area (Å²) in [5.74, 6) is 0. The van der Waals surface area contributed by atoms with Crippen LogP contribution in [-0.4, -0.2) is 66.8 Å². The molecule has 2 rings (SSSR count). The molecule has 0 unspecified atom stereocenters. The number of hydrogen-bond acceptors (Lipinski definition) is 4. The zero-order valence-electron chi connectivity index (χ0n) is 12.2. The molecule has 0 aromatic rings. The molecule has 2 heterocycles. The highest BCUT2D eigenvalue weighted by molar-refractivity contribution is 4.96. The Balaban J connectivity index is 1.95. The normalized spacial score (nSPS) is 27.3. The summed E-state index contributed by atoms with van der Waals surface area (Å²) in [4.78, 5) is 5.20. The summed E-state index contributed by atoms with van der Waals surface area (Å²) in [6.45, 7) is 14.0. The minimum absolute atomic E-state index is 0.211. The zero-order valence-corrected chi connectivity index (χ0v) is 12.2. The summed E-state index contributed by atoms with van der Waals surface area (Å²) in [6.07, 6.45) is 2.19. The molecule has 2 aliphatic rings. The Hall–Kier alpha value is -0.160. The lowest BCUT2D eigenvalue weighted by Gasteiger charge is -2.51. The fraction of sp³-hybridized carbons (Fsp3) is 1.00. The van der Waals surface area contributed by atoms with Crippen molar-refractivity contribution in [3.05, 3.63) is 0 Å². The molecule has 106 valence electrons. The molecule has 0 radical (unpaired) electrons. The van der Waals surface area contributed by atoms with Crippen molar-refractivity contribution in [1.29, 1.82) is 0 Å². The highest BCUT2D eigenvalue weighted by atomic mass is 16.5. The average Bonchev–Trinajstić information content (AvgIpc) is 2.39. The van der Waals surface area contributed by atoms with Crippen LogP contribution in [0.2, 0.25) is 0 Å². The lowest BCUT2D eigenvalue weighted by Crippen LogP contribution is -2.63. The Morgan fingerprint density at radius 2 is 1.61 bits per heavy atom. The van der Waals surface area contributed by atoms with E-state index in [9.17, 15) is 0 Å². The van der Waals surface area contributed by atoms with Crippen molar-refractivity contribution in [2.45, 2.75) is 44.7 Å². The second kappa shape index (κ2) is 5.45. The zero-order chi connectivity index (χ0) is 13.2. The van der Waals surface area contributed by atoms with Crippen molar-refractivity contribution >= 4 is 0 Å². The Labute approximate surface area is 111 Å². The van der Waals surface area contributed by atoms with Crippen LogP contribution >= 0.6 is 0 Å². The van der Waals surface area contributed by atoms with E-state index in [4.69, 9.17) is 10.5 Å². The predicted octanol–water partition coefficient (Wildman–Crippen LogP) is 0.910. The van der Waals surface area contributed by atoms with Crippen LogP contribution in [0.1, 0.15) is 33.6 Å². The molecular weight excluding hydrogens is 226 g/mol. The van der Waals surface area contributed by atoms with Gasteiger partial charge in [0.05, 0.1) is 0 Å². The standard InChI is InChI=1S/C14H29N3O/c1-13(2,3)16-6-8-17(9-7-16)14(12-15)4-10-18-11-5-14/h4-12,15H2,1-3H3. The van der Waals surface area contributed by atoms with Gasteiger partial charge < -0.3 is 10.5 Å². The van der Waals surface area contributed by atoms with Crippen LogP contribution < -0.4 is 5.73 Å². The summed E-state index contributed by atoms with van der Waals surface area (Å²) in [5.41, 5.74) is 6.58. The van der Waals surface area contributed by atoms with Gasteiger partial charge in [0.2, 0.25) is 0 Å². The van der Waals surface area contributed by atoms with Crippen LogP contribution in [0, 0.1) is 0 Å². The van der Waals surface area contributed by atoms with E-state index in [0.29, 0.717) is 0 Å². The van der Waals surface area contributed by atoms with Gasteiger partial charge in [0, 0.05) is 57.0 Å². The Morgan fingerprint density at radius 1 is 1.06 bits per heavy atom. The molecule has 2 aliphatic heterocycles. The number of rotatable bonds is 2.